The average molecular weight is 309 g/mol. The number of hydrogen-bond donors (Lipinski definition) is 0. The van der Waals surface area contributed by atoms with Crippen molar-refractivity contribution in [1.82, 2.24) is 9.88 Å². The number of hydrogen-bond acceptors (Lipinski definition) is 4. The van der Waals surface area contributed by atoms with Crippen LogP contribution in [0.3, 0.4) is 0 Å². The average Bonchev–Trinajstić information content (AvgIpc) is 3.18. The van der Waals surface area contributed by atoms with E-state index < -0.39 is 0 Å². The number of nitrogens with zero attached hydrogens (tertiary/aromatic N) is 3. The first-order chi connectivity index (χ1) is 11.3. The Hall–Kier alpha value is -2.40. The summed E-state index contributed by atoms with van der Waals surface area (Å²) in [6.07, 6.45) is 3.54. The molecule has 23 heavy (non-hydrogen) atoms. The molecule has 5 heteroatoms. The molecule has 4 rings (SSSR count). The highest BCUT2D eigenvalue weighted by Gasteiger charge is 2.50. The van der Waals surface area contributed by atoms with E-state index in [1.165, 1.54) is 0 Å². The van der Waals surface area contributed by atoms with Crippen LogP contribution in [-0.4, -0.2) is 35.5 Å². The summed E-state index contributed by atoms with van der Waals surface area (Å²) >= 11 is 0. The van der Waals surface area contributed by atoms with Gasteiger partial charge in [-0.1, -0.05) is 24.3 Å². The zero-order chi connectivity index (χ0) is 15.8. The summed E-state index contributed by atoms with van der Waals surface area (Å²) in [5.41, 5.74) is 1.01. The lowest BCUT2D eigenvalue weighted by atomic mass is 10.1. The zero-order valence-corrected chi connectivity index (χ0v) is 13.1. The maximum Gasteiger partial charge on any atom is 0.247 e. The zero-order valence-electron chi connectivity index (χ0n) is 13.1. The summed E-state index contributed by atoms with van der Waals surface area (Å²) in [4.78, 5) is 21.5. The molecule has 0 spiro atoms. The molecule has 0 saturated carbocycles. The van der Waals surface area contributed by atoms with Crippen molar-refractivity contribution in [3.05, 3.63) is 54.2 Å². The van der Waals surface area contributed by atoms with Crippen LogP contribution in [0.1, 0.15) is 24.6 Å². The minimum Gasteiger partial charge on any atom is -0.496 e. The van der Waals surface area contributed by atoms with Gasteiger partial charge in [-0.3, -0.25) is 14.6 Å². The monoisotopic (exact) mass is 309 g/mol. The normalized spacial score (nSPS) is 24.0. The number of fused-ring (bicyclic) bond motifs is 1. The van der Waals surface area contributed by atoms with Gasteiger partial charge in [-0.2, -0.15) is 0 Å². The molecule has 2 aliphatic rings. The first-order valence-electron chi connectivity index (χ1n) is 7.94. The quantitative estimate of drug-likeness (QED) is 0.874. The predicted molar refractivity (Wildman–Crippen MR) is 87.2 cm³/mol. The summed E-state index contributed by atoms with van der Waals surface area (Å²) in [7, 11) is 1.67. The number of pyridine rings is 1. The summed E-state index contributed by atoms with van der Waals surface area (Å²) in [5.74, 6) is 1.64. The molecule has 2 aliphatic heterocycles. The molecule has 3 heterocycles. The molecule has 1 aromatic carbocycles. The van der Waals surface area contributed by atoms with Crippen LogP contribution in [0.4, 0.5) is 5.82 Å². The molecule has 0 unspecified atom stereocenters. The van der Waals surface area contributed by atoms with Gasteiger partial charge in [0.2, 0.25) is 5.91 Å². The van der Waals surface area contributed by atoms with E-state index in [9.17, 15) is 4.79 Å². The first-order valence-corrected chi connectivity index (χ1v) is 7.94. The van der Waals surface area contributed by atoms with Gasteiger partial charge in [-0.15, -0.1) is 0 Å². The minimum atomic E-state index is -0.152. The van der Waals surface area contributed by atoms with Crippen molar-refractivity contribution in [1.29, 1.82) is 0 Å². The summed E-state index contributed by atoms with van der Waals surface area (Å²) in [5, 5.41) is 0. The van der Waals surface area contributed by atoms with Crippen LogP contribution in [-0.2, 0) is 4.79 Å². The highest BCUT2D eigenvalue weighted by atomic mass is 16.5. The van der Waals surface area contributed by atoms with Crippen molar-refractivity contribution in [2.24, 2.45) is 0 Å². The van der Waals surface area contributed by atoms with Crippen molar-refractivity contribution in [3.8, 4) is 5.75 Å². The number of methoxy groups -OCH3 is 1. The summed E-state index contributed by atoms with van der Waals surface area (Å²) in [6, 6.07) is 13.5. The lowest BCUT2D eigenvalue weighted by molar-refractivity contribution is -0.119. The number of ether oxygens (including phenoxy) is 1. The number of carbonyl (C=O) groups is 1. The van der Waals surface area contributed by atoms with Gasteiger partial charge in [0.05, 0.1) is 13.2 Å². The van der Waals surface area contributed by atoms with Crippen LogP contribution in [0.25, 0.3) is 0 Å². The molecule has 5 nitrogen and oxygen atoms in total. The number of amides is 1. The van der Waals surface area contributed by atoms with E-state index in [0.717, 1.165) is 30.7 Å². The third-order valence-corrected chi connectivity index (χ3v) is 4.69. The van der Waals surface area contributed by atoms with Gasteiger partial charge in [0, 0.05) is 18.3 Å². The maximum absolute atomic E-state index is 13.0. The second-order valence-electron chi connectivity index (χ2n) is 5.91. The standard InChI is InChI=1S/C18H19N3O2/c1-23-15-9-3-2-7-13(15)17-20-12-6-8-14(20)18(22)21(17)16-10-4-5-11-19-16/h2-5,7,9-11,14,17H,6,8,12H2,1H3/t14-,17+/m0/s1. The van der Waals surface area contributed by atoms with Crippen molar-refractivity contribution in [3.63, 3.8) is 0 Å². The molecule has 0 bridgehead atoms. The Morgan fingerprint density at radius 1 is 1.17 bits per heavy atom. The third kappa shape index (κ3) is 2.19. The lowest BCUT2D eigenvalue weighted by Crippen LogP contribution is -2.33. The van der Waals surface area contributed by atoms with E-state index in [0.29, 0.717) is 5.82 Å². The van der Waals surface area contributed by atoms with Gasteiger partial charge in [-0.25, -0.2) is 4.98 Å². The van der Waals surface area contributed by atoms with E-state index in [-0.39, 0.29) is 18.1 Å². The Morgan fingerprint density at radius 3 is 2.78 bits per heavy atom. The fraction of sp³-hybridized carbons (Fsp3) is 0.333. The van der Waals surface area contributed by atoms with Crippen molar-refractivity contribution in [2.75, 3.05) is 18.6 Å². The van der Waals surface area contributed by atoms with Crippen LogP contribution in [0.2, 0.25) is 0 Å². The largest absolute Gasteiger partial charge is 0.496 e. The number of rotatable bonds is 3. The molecule has 2 atom stereocenters. The van der Waals surface area contributed by atoms with Crippen molar-refractivity contribution >= 4 is 11.7 Å². The van der Waals surface area contributed by atoms with Crippen molar-refractivity contribution in [2.45, 2.75) is 25.0 Å². The van der Waals surface area contributed by atoms with Crippen molar-refractivity contribution < 1.29 is 9.53 Å². The molecule has 0 aliphatic carbocycles. The van der Waals surface area contributed by atoms with Crippen LogP contribution < -0.4 is 9.64 Å². The minimum absolute atomic E-state index is 0.0491. The van der Waals surface area contributed by atoms with E-state index in [2.05, 4.69) is 9.88 Å². The molecular weight excluding hydrogens is 290 g/mol. The van der Waals surface area contributed by atoms with Gasteiger partial charge in [0.25, 0.3) is 0 Å². The number of para-hydroxylation sites is 1. The third-order valence-electron chi connectivity index (χ3n) is 4.69. The van der Waals surface area contributed by atoms with E-state index in [4.69, 9.17) is 4.74 Å². The molecule has 0 radical (unpaired) electrons. The number of anilines is 1. The fourth-order valence-corrected chi connectivity index (χ4v) is 3.71. The summed E-state index contributed by atoms with van der Waals surface area (Å²) < 4.78 is 5.54. The smallest absolute Gasteiger partial charge is 0.247 e. The Balaban J connectivity index is 1.84. The van der Waals surface area contributed by atoms with Gasteiger partial charge >= 0.3 is 0 Å². The lowest BCUT2D eigenvalue weighted by Gasteiger charge is -2.30. The Bertz CT molecular complexity index is 719. The van der Waals surface area contributed by atoms with Gasteiger partial charge in [0.1, 0.15) is 17.7 Å². The second-order valence-corrected chi connectivity index (χ2v) is 5.91. The highest BCUT2D eigenvalue weighted by molar-refractivity contribution is 5.99. The maximum atomic E-state index is 13.0. The Morgan fingerprint density at radius 2 is 2.00 bits per heavy atom. The Labute approximate surface area is 135 Å². The molecular formula is C18H19N3O2. The van der Waals surface area contributed by atoms with Crippen LogP contribution in [0.5, 0.6) is 5.75 Å². The Kier molecular flexibility index (Phi) is 3.50. The van der Waals surface area contributed by atoms with Crippen LogP contribution in [0.15, 0.2) is 48.7 Å². The van der Waals surface area contributed by atoms with Gasteiger partial charge in [0.15, 0.2) is 0 Å². The second kappa shape index (κ2) is 5.66. The molecule has 2 saturated heterocycles. The number of benzene rings is 1. The highest BCUT2D eigenvalue weighted by Crippen LogP contribution is 2.44. The number of aromatic nitrogens is 1. The van der Waals surface area contributed by atoms with Gasteiger partial charge in [-0.05, 0) is 31.0 Å². The van der Waals surface area contributed by atoms with Crippen LogP contribution in [0, 0.1) is 0 Å². The van der Waals surface area contributed by atoms with E-state index >= 15 is 0 Å². The molecule has 0 N–H and O–H groups in total. The van der Waals surface area contributed by atoms with Gasteiger partial charge < -0.3 is 4.74 Å². The molecule has 2 aromatic rings. The fourth-order valence-electron chi connectivity index (χ4n) is 3.71. The SMILES string of the molecule is COc1ccccc1[C@H]1N(c2ccccn2)C(=O)[C@@H]2CCCN21. The predicted octanol–water partition coefficient (Wildman–Crippen LogP) is 2.60. The summed E-state index contributed by atoms with van der Waals surface area (Å²) in [6.45, 7) is 0.919. The molecule has 118 valence electrons. The molecule has 1 aromatic heterocycles. The van der Waals surface area contributed by atoms with E-state index in [1.807, 2.05) is 47.4 Å². The molecule has 1 amide bonds. The van der Waals surface area contributed by atoms with E-state index in [1.54, 1.807) is 13.3 Å². The van der Waals surface area contributed by atoms with Crippen LogP contribution >= 0.6 is 0 Å². The number of carbonyl (C=O) groups excluding carboxylic acids is 1. The molecule has 2 fully saturated rings. The topological polar surface area (TPSA) is 45.7 Å². The first kappa shape index (κ1) is 14.2.